The quantitative estimate of drug-likeness (QED) is 0.304. The first-order valence-electron chi connectivity index (χ1n) is 14.2. The molecule has 4 rings (SSSR count). The van der Waals surface area contributed by atoms with E-state index in [0.29, 0.717) is 38.6 Å². The van der Waals surface area contributed by atoms with Crippen molar-refractivity contribution in [1.82, 2.24) is 5.32 Å². The summed E-state index contributed by atoms with van der Waals surface area (Å²) in [5.41, 5.74) is 7.36. The molecule has 2 fully saturated rings. The van der Waals surface area contributed by atoms with Crippen LogP contribution in [-0.4, -0.2) is 55.5 Å². The monoisotopic (exact) mass is 567 g/mol. The fourth-order valence-corrected chi connectivity index (χ4v) is 6.04. The Morgan fingerprint density at radius 1 is 0.850 bits per heavy atom. The first kappa shape index (κ1) is 30.1. The minimum atomic E-state index is -0.694. The van der Waals surface area contributed by atoms with Gasteiger partial charge in [0.05, 0.1) is 5.75 Å². The van der Waals surface area contributed by atoms with Gasteiger partial charge < -0.3 is 25.4 Å². The Kier molecular flexibility index (Phi) is 10.6. The van der Waals surface area contributed by atoms with Gasteiger partial charge in [-0.1, -0.05) is 54.2 Å². The molecule has 2 aliphatic rings. The van der Waals surface area contributed by atoms with Crippen LogP contribution in [0.1, 0.15) is 63.0 Å². The Morgan fingerprint density at radius 3 is 2.08 bits per heavy atom. The van der Waals surface area contributed by atoms with Crippen LogP contribution in [0.5, 0.6) is 0 Å². The van der Waals surface area contributed by atoms with Gasteiger partial charge in [-0.25, -0.2) is 0 Å². The van der Waals surface area contributed by atoms with E-state index in [4.69, 9.17) is 15.2 Å². The number of esters is 2. The Hall–Kier alpha value is -2.88. The number of anilines is 1. The van der Waals surface area contributed by atoms with Crippen LogP contribution in [-0.2, 0) is 35.1 Å². The first-order valence-corrected chi connectivity index (χ1v) is 15.2. The number of ether oxygens (including phenoxy) is 2. The van der Waals surface area contributed by atoms with E-state index in [1.807, 2.05) is 30.3 Å². The summed E-state index contributed by atoms with van der Waals surface area (Å²) < 4.78 is 12.2. The highest BCUT2D eigenvalue weighted by Crippen LogP contribution is 2.40. The highest BCUT2D eigenvalue weighted by molar-refractivity contribution is 8.14. The molecule has 2 aliphatic heterocycles. The number of carbonyl (C=O) groups excluding carboxylic acids is 3. The van der Waals surface area contributed by atoms with E-state index in [-0.39, 0.29) is 22.8 Å². The van der Waals surface area contributed by atoms with Crippen molar-refractivity contribution in [3.63, 3.8) is 0 Å². The standard InChI is InChI=1S/C31H41N3O5S/c1-24(35)40-23-29(37)39-30(14-19-33-20-15-30)26-10-12-27(13-11-26)34-21-16-31(17-22-34,25-7-3-2-4-8-25)38-28(36)9-5-6-18-32/h2-4,7-8,10-13,33H,5-6,9,14-23,32H2,1H3. The van der Waals surface area contributed by atoms with Crippen molar-refractivity contribution in [2.24, 2.45) is 5.73 Å². The van der Waals surface area contributed by atoms with E-state index in [9.17, 15) is 14.4 Å². The molecule has 3 N–H and O–H groups in total. The highest BCUT2D eigenvalue weighted by Gasteiger charge is 2.41. The lowest BCUT2D eigenvalue weighted by atomic mass is 9.83. The lowest BCUT2D eigenvalue weighted by Crippen LogP contribution is -2.45. The summed E-state index contributed by atoms with van der Waals surface area (Å²) in [5.74, 6) is -0.507. The molecule has 0 bridgehead atoms. The number of benzene rings is 2. The number of unbranched alkanes of at least 4 members (excludes halogenated alkanes) is 1. The van der Waals surface area contributed by atoms with Gasteiger partial charge in [-0.2, -0.15) is 0 Å². The third-order valence-electron chi connectivity index (χ3n) is 7.89. The fourth-order valence-electron chi connectivity index (χ4n) is 5.66. The predicted molar refractivity (Wildman–Crippen MR) is 158 cm³/mol. The maximum absolute atomic E-state index is 12.7. The van der Waals surface area contributed by atoms with Gasteiger partial charge in [-0.15, -0.1) is 0 Å². The molecule has 2 saturated heterocycles. The van der Waals surface area contributed by atoms with Crippen LogP contribution in [0.2, 0.25) is 0 Å². The van der Waals surface area contributed by atoms with Crippen LogP contribution < -0.4 is 16.0 Å². The second-order valence-electron chi connectivity index (χ2n) is 10.6. The van der Waals surface area contributed by atoms with Crippen LogP contribution >= 0.6 is 11.8 Å². The Morgan fingerprint density at radius 2 is 1.45 bits per heavy atom. The lowest BCUT2D eigenvalue weighted by molar-refractivity contribution is -0.164. The Labute approximate surface area is 241 Å². The molecular weight excluding hydrogens is 526 g/mol. The summed E-state index contributed by atoms with van der Waals surface area (Å²) in [7, 11) is 0. The molecule has 0 saturated carbocycles. The number of hydrogen-bond donors (Lipinski definition) is 2. The minimum absolute atomic E-state index is 0.0249. The largest absolute Gasteiger partial charge is 0.454 e. The maximum Gasteiger partial charge on any atom is 0.317 e. The molecule has 0 atom stereocenters. The normalized spacial score (nSPS) is 18.1. The average molecular weight is 568 g/mol. The van der Waals surface area contributed by atoms with Crippen molar-refractivity contribution in [1.29, 1.82) is 0 Å². The van der Waals surface area contributed by atoms with Crippen molar-refractivity contribution in [2.75, 3.05) is 43.4 Å². The van der Waals surface area contributed by atoms with Gasteiger partial charge >= 0.3 is 11.9 Å². The number of rotatable bonds is 11. The zero-order valence-electron chi connectivity index (χ0n) is 23.4. The summed E-state index contributed by atoms with van der Waals surface area (Å²) in [6.07, 6.45) is 4.69. The number of nitrogens with one attached hydrogen (secondary N) is 1. The number of nitrogens with two attached hydrogens (primary N) is 1. The SMILES string of the molecule is CC(=O)SCC(=O)OC1(c2ccc(N3CCC(OC(=O)CCCCN)(c4ccccc4)CC3)cc2)CCNCC1. The molecule has 0 amide bonds. The second kappa shape index (κ2) is 14.1. The number of thioether (sulfide) groups is 1. The van der Waals surface area contributed by atoms with Crippen LogP contribution in [0.15, 0.2) is 54.6 Å². The molecule has 0 unspecified atom stereocenters. The van der Waals surface area contributed by atoms with E-state index in [1.54, 1.807) is 0 Å². The third kappa shape index (κ3) is 7.65. The van der Waals surface area contributed by atoms with Crippen LogP contribution in [0.3, 0.4) is 0 Å². The Balaban J connectivity index is 1.45. The number of piperidine rings is 2. The van der Waals surface area contributed by atoms with Crippen LogP contribution in [0.4, 0.5) is 5.69 Å². The molecule has 0 aromatic heterocycles. The molecule has 2 heterocycles. The van der Waals surface area contributed by atoms with Gasteiger partial charge in [0.15, 0.2) is 5.12 Å². The maximum atomic E-state index is 12.7. The molecule has 9 heteroatoms. The van der Waals surface area contributed by atoms with Crippen LogP contribution in [0, 0.1) is 0 Å². The number of carbonyl (C=O) groups is 3. The van der Waals surface area contributed by atoms with E-state index in [0.717, 1.165) is 67.6 Å². The van der Waals surface area contributed by atoms with E-state index in [1.165, 1.54) is 6.92 Å². The Bertz CT molecular complexity index is 1130. The van der Waals surface area contributed by atoms with Gasteiger partial charge in [-0.05, 0) is 55.7 Å². The third-order valence-corrected chi connectivity index (χ3v) is 8.67. The molecule has 0 radical (unpaired) electrons. The van der Waals surface area contributed by atoms with Crippen molar-refractivity contribution in [3.8, 4) is 0 Å². The smallest absolute Gasteiger partial charge is 0.317 e. The molecule has 8 nitrogen and oxygen atoms in total. The molecule has 40 heavy (non-hydrogen) atoms. The van der Waals surface area contributed by atoms with Gasteiger partial charge in [0.1, 0.15) is 11.2 Å². The molecule has 216 valence electrons. The fraction of sp³-hybridized carbons (Fsp3) is 0.516. The summed E-state index contributed by atoms with van der Waals surface area (Å²) >= 11 is 0.977. The average Bonchev–Trinajstić information content (AvgIpc) is 2.98. The molecule has 0 spiro atoms. The van der Waals surface area contributed by atoms with Crippen molar-refractivity contribution in [3.05, 3.63) is 65.7 Å². The zero-order valence-corrected chi connectivity index (χ0v) is 24.2. The first-order chi connectivity index (χ1) is 19.4. The van der Waals surface area contributed by atoms with E-state index < -0.39 is 11.2 Å². The summed E-state index contributed by atoms with van der Waals surface area (Å²) in [4.78, 5) is 39.0. The van der Waals surface area contributed by atoms with Gasteiger partial charge in [-0.3, -0.25) is 14.4 Å². The summed E-state index contributed by atoms with van der Waals surface area (Å²) in [5, 5.41) is 3.25. The number of nitrogens with zero attached hydrogens (tertiary/aromatic N) is 1. The van der Waals surface area contributed by atoms with Gasteiger partial charge in [0, 0.05) is 57.8 Å². The topological polar surface area (TPSA) is 111 Å². The summed E-state index contributed by atoms with van der Waals surface area (Å²) in [6.45, 7) is 5.04. The molecule has 2 aromatic rings. The molecule has 0 aliphatic carbocycles. The van der Waals surface area contributed by atoms with Crippen LogP contribution in [0.25, 0.3) is 0 Å². The summed E-state index contributed by atoms with van der Waals surface area (Å²) in [6, 6.07) is 18.4. The van der Waals surface area contributed by atoms with Gasteiger partial charge in [0.25, 0.3) is 0 Å². The van der Waals surface area contributed by atoms with E-state index >= 15 is 0 Å². The molecular formula is C31H41N3O5S. The van der Waals surface area contributed by atoms with E-state index in [2.05, 4.69) is 34.5 Å². The zero-order chi connectivity index (χ0) is 28.4. The number of hydrogen-bond acceptors (Lipinski definition) is 9. The van der Waals surface area contributed by atoms with Gasteiger partial charge in [0.2, 0.25) is 0 Å². The van der Waals surface area contributed by atoms with Crippen molar-refractivity contribution >= 4 is 34.5 Å². The lowest BCUT2D eigenvalue weighted by Gasteiger charge is -2.42. The predicted octanol–water partition coefficient (Wildman–Crippen LogP) is 4.26. The second-order valence-corrected chi connectivity index (χ2v) is 11.8. The van der Waals surface area contributed by atoms with Crippen molar-refractivity contribution in [2.45, 2.75) is 63.1 Å². The van der Waals surface area contributed by atoms with Crippen molar-refractivity contribution < 1.29 is 23.9 Å². The minimum Gasteiger partial charge on any atom is -0.454 e. The highest BCUT2D eigenvalue weighted by atomic mass is 32.2. The molecule has 2 aromatic carbocycles.